The number of hydrogen-bond donors (Lipinski definition) is 1. The van der Waals surface area contributed by atoms with Crippen LogP contribution in [0.3, 0.4) is 0 Å². The number of anilines is 1. The van der Waals surface area contributed by atoms with Gasteiger partial charge in [0, 0.05) is 25.8 Å². The number of hydrogen-bond acceptors (Lipinski definition) is 6. The number of carbonyl (C=O) groups is 1. The van der Waals surface area contributed by atoms with Crippen molar-refractivity contribution in [3.05, 3.63) is 52.8 Å². The number of fused-ring (bicyclic) bond motifs is 1. The topological polar surface area (TPSA) is 93.3 Å². The molecule has 1 N–H and O–H groups in total. The minimum absolute atomic E-state index is 0.0284. The molecule has 1 aliphatic rings. The lowest BCUT2D eigenvalue weighted by Gasteiger charge is -2.32. The number of nitrogens with one attached hydrogen (secondary N) is 1. The van der Waals surface area contributed by atoms with Crippen molar-refractivity contribution in [3.8, 4) is 0 Å². The van der Waals surface area contributed by atoms with Crippen LogP contribution in [0.4, 0.5) is 5.82 Å². The highest BCUT2D eigenvalue weighted by Gasteiger charge is 2.28. The third-order valence-corrected chi connectivity index (χ3v) is 5.11. The van der Waals surface area contributed by atoms with Gasteiger partial charge >= 0.3 is 0 Å². The van der Waals surface area contributed by atoms with E-state index in [0.29, 0.717) is 43.2 Å². The van der Waals surface area contributed by atoms with Crippen LogP contribution in [0.2, 0.25) is 0 Å². The third kappa shape index (κ3) is 3.49. The molecule has 1 atom stereocenters. The zero-order chi connectivity index (χ0) is 19.5. The number of aromatic nitrogens is 3. The number of amides is 1. The van der Waals surface area contributed by atoms with Crippen molar-refractivity contribution in [2.24, 2.45) is 5.92 Å². The van der Waals surface area contributed by atoms with E-state index >= 15 is 0 Å². The van der Waals surface area contributed by atoms with Crippen LogP contribution in [-0.2, 0) is 17.9 Å². The second-order valence-corrected chi connectivity index (χ2v) is 6.91. The molecule has 4 heterocycles. The van der Waals surface area contributed by atoms with Gasteiger partial charge < -0.3 is 14.6 Å². The summed E-state index contributed by atoms with van der Waals surface area (Å²) in [6.45, 7) is 3.98. The highest BCUT2D eigenvalue weighted by atomic mass is 16.3. The standard InChI is InChI=1S/C20H23N5O3/c1-2-25-17-16(8-3-9-21-17)23-18(20(25)27)24-10-4-6-14(13-24)19(26)22-12-15-7-5-11-28-15/h3,5,7-9,11,14H,2,4,6,10,12-13H2,1H3,(H,22,26). The van der Waals surface area contributed by atoms with E-state index in [2.05, 4.69) is 15.3 Å². The van der Waals surface area contributed by atoms with Crippen LogP contribution in [0.25, 0.3) is 11.2 Å². The molecule has 28 heavy (non-hydrogen) atoms. The van der Waals surface area contributed by atoms with Gasteiger partial charge in [-0.15, -0.1) is 0 Å². The van der Waals surface area contributed by atoms with Crippen molar-refractivity contribution >= 4 is 22.9 Å². The Morgan fingerprint density at radius 1 is 1.36 bits per heavy atom. The van der Waals surface area contributed by atoms with E-state index in [9.17, 15) is 9.59 Å². The van der Waals surface area contributed by atoms with E-state index in [4.69, 9.17) is 4.42 Å². The van der Waals surface area contributed by atoms with Gasteiger partial charge in [0.05, 0.1) is 18.7 Å². The Hall–Kier alpha value is -3.16. The zero-order valence-corrected chi connectivity index (χ0v) is 15.8. The van der Waals surface area contributed by atoms with Crippen molar-refractivity contribution in [2.75, 3.05) is 18.0 Å². The first-order valence-corrected chi connectivity index (χ1v) is 9.58. The average molecular weight is 381 g/mol. The van der Waals surface area contributed by atoms with Crippen molar-refractivity contribution < 1.29 is 9.21 Å². The molecule has 1 unspecified atom stereocenters. The number of nitrogens with zero attached hydrogens (tertiary/aromatic N) is 4. The summed E-state index contributed by atoms with van der Waals surface area (Å²) in [6, 6.07) is 7.29. The number of rotatable bonds is 5. The summed E-state index contributed by atoms with van der Waals surface area (Å²) in [5.74, 6) is 0.894. The molecule has 3 aromatic heterocycles. The number of furan rings is 1. The SMILES string of the molecule is CCn1c(=O)c(N2CCCC(C(=O)NCc3ccco3)C2)nc2cccnc21. The first-order chi connectivity index (χ1) is 13.7. The number of pyridine rings is 1. The minimum atomic E-state index is -0.190. The first kappa shape index (κ1) is 18.2. The molecule has 8 nitrogen and oxygen atoms in total. The molecule has 3 aromatic rings. The van der Waals surface area contributed by atoms with E-state index in [1.165, 1.54) is 0 Å². The molecule has 0 spiro atoms. The summed E-state index contributed by atoms with van der Waals surface area (Å²) in [7, 11) is 0. The van der Waals surface area contributed by atoms with Crippen LogP contribution in [0.15, 0.2) is 45.9 Å². The maximum absolute atomic E-state index is 13.0. The van der Waals surface area contributed by atoms with E-state index in [0.717, 1.165) is 18.6 Å². The van der Waals surface area contributed by atoms with E-state index in [1.807, 2.05) is 30.0 Å². The van der Waals surface area contributed by atoms with Crippen LogP contribution in [0.1, 0.15) is 25.5 Å². The van der Waals surface area contributed by atoms with Gasteiger partial charge in [0.2, 0.25) is 5.91 Å². The van der Waals surface area contributed by atoms with Gasteiger partial charge in [-0.3, -0.25) is 14.2 Å². The summed E-state index contributed by atoms with van der Waals surface area (Å²) in [5, 5.41) is 2.92. The van der Waals surface area contributed by atoms with Crippen molar-refractivity contribution in [1.82, 2.24) is 19.9 Å². The molecule has 8 heteroatoms. The van der Waals surface area contributed by atoms with Gasteiger partial charge in [-0.1, -0.05) is 0 Å². The normalized spacial score (nSPS) is 17.0. The van der Waals surface area contributed by atoms with Gasteiger partial charge in [-0.2, -0.15) is 0 Å². The Morgan fingerprint density at radius 2 is 2.25 bits per heavy atom. The van der Waals surface area contributed by atoms with Crippen LogP contribution in [-0.4, -0.2) is 33.5 Å². The fourth-order valence-corrected chi connectivity index (χ4v) is 3.68. The lowest BCUT2D eigenvalue weighted by atomic mass is 9.97. The minimum Gasteiger partial charge on any atom is -0.467 e. The third-order valence-electron chi connectivity index (χ3n) is 5.11. The predicted octanol–water partition coefficient (Wildman–Crippen LogP) is 1.94. The molecule has 0 saturated carbocycles. The number of aryl methyl sites for hydroxylation is 1. The van der Waals surface area contributed by atoms with Crippen molar-refractivity contribution in [3.63, 3.8) is 0 Å². The van der Waals surface area contributed by atoms with Crippen LogP contribution in [0.5, 0.6) is 0 Å². The summed E-state index contributed by atoms with van der Waals surface area (Å²) in [6.07, 6.45) is 4.87. The number of carbonyl (C=O) groups excluding carboxylic acids is 1. The Labute approximate surface area is 162 Å². The second-order valence-electron chi connectivity index (χ2n) is 6.91. The molecule has 0 bridgehead atoms. The summed E-state index contributed by atoms with van der Waals surface area (Å²) < 4.78 is 6.90. The molecule has 1 fully saturated rings. The summed E-state index contributed by atoms with van der Waals surface area (Å²) in [4.78, 5) is 36.4. The van der Waals surface area contributed by atoms with Gasteiger partial charge in [-0.25, -0.2) is 9.97 Å². The quantitative estimate of drug-likeness (QED) is 0.726. The smallest absolute Gasteiger partial charge is 0.295 e. The molecular weight excluding hydrogens is 358 g/mol. The fraction of sp³-hybridized carbons (Fsp3) is 0.400. The molecule has 0 aromatic carbocycles. The lowest BCUT2D eigenvalue weighted by molar-refractivity contribution is -0.125. The predicted molar refractivity (Wildman–Crippen MR) is 105 cm³/mol. The molecule has 1 amide bonds. The molecule has 0 radical (unpaired) electrons. The second kappa shape index (κ2) is 7.84. The maximum Gasteiger partial charge on any atom is 0.295 e. The van der Waals surface area contributed by atoms with Crippen LogP contribution < -0.4 is 15.8 Å². The van der Waals surface area contributed by atoms with Crippen LogP contribution >= 0.6 is 0 Å². The fourth-order valence-electron chi connectivity index (χ4n) is 3.68. The van der Waals surface area contributed by atoms with Gasteiger partial charge in [0.1, 0.15) is 11.3 Å². The van der Waals surface area contributed by atoms with E-state index in [1.54, 1.807) is 23.1 Å². The van der Waals surface area contributed by atoms with E-state index in [-0.39, 0.29) is 17.4 Å². The number of piperidine rings is 1. The highest BCUT2D eigenvalue weighted by Crippen LogP contribution is 2.21. The molecule has 1 aliphatic heterocycles. The van der Waals surface area contributed by atoms with Crippen molar-refractivity contribution in [1.29, 1.82) is 0 Å². The summed E-state index contributed by atoms with van der Waals surface area (Å²) >= 11 is 0. The Balaban J connectivity index is 1.55. The van der Waals surface area contributed by atoms with Gasteiger partial charge in [0.25, 0.3) is 5.56 Å². The van der Waals surface area contributed by atoms with Gasteiger partial charge in [-0.05, 0) is 44.0 Å². The van der Waals surface area contributed by atoms with Crippen molar-refractivity contribution in [2.45, 2.75) is 32.9 Å². The van der Waals surface area contributed by atoms with E-state index < -0.39 is 0 Å². The molecule has 146 valence electrons. The maximum atomic E-state index is 13.0. The Morgan fingerprint density at radius 3 is 3.04 bits per heavy atom. The molecule has 1 saturated heterocycles. The molecule has 4 rings (SSSR count). The molecular formula is C20H23N5O3. The Kier molecular flexibility index (Phi) is 5.10. The van der Waals surface area contributed by atoms with Crippen LogP contribution in [0, 0.1) is 5.92 Å². The van der Waals surface area contributed by atoms with Gasteiger partial charge in [0.15, 0.2) is 11.5 Å². The Bertz CT molecular complexity index is 1030. The largest absolute Gasteiger partial charge is 0.467 e. The molecule has 0 aliphatic carbocycles. The lowest BCUT2D eigenvalue weighted by Crippen LogP contribution is -2.45. The zero-order valence-electron chi connectivity index (χ0n) is 15.8. The summed E-state index contributed by atoms with van der Waals surface area (Å²) in [5.41, 5.74) is 1.11. The average Bonchev–Trinajstić information content (AvgIpc) is 3.25. The monoisotopic (exact) mass is 381 g/mol. The highest BCUT2D eigenvalue weighted by molar-refractivity contribution is 5.79. The first-order valence-electron chi connectivity index (χ1n) is 9.58.